The fourth-order valence-electron chi connectivity index (χ4n) is 6.78. The molecule has 4 aliphatic carbocycles. The van der Waals surface area contributed by atoms with Gasteiger partial charge in [-0.1, -0.05) is 6.92 Å². The highest BCUT2D eigenvalue weighted by Gasteiger charge is 2.67. The minimum Gasteiger partial charge on any atom is -0.389 e. The van der Waals surface area contributed by atoms with Crippen molar-refractivity contribution in [1.82, 2.24) is 0 Å². The number of rotatable bonds is 0. The lowest BCUT2D eigenvalue weighted by Crippen LogP contribution is -2.62. The molecule has 0 aromatic carbocycles. The van der Waals surface area contributed by atoms with Crippen LogP contribution >= 0.6 is 0 Å². The number of Topliss-reactive ketones (excluding diaryl/α,β-unsaturated/α-hetero) is 2. The Morgan fingerprint density at radius 2 is 1.73 bits per heavy atom. The third kappa shape index (κ3) is 1.61. The Bertz CT molecular complexity index is 541. The van der Waals surface area contributed by atoms with E-state index >= 15 is 0 Å². The molecular weight excluding hydrogens is 276 g/mol. The number of carbonyl (C=O) groups excluding carboxylic acids is 2. The van der Waals surface area contributed by atoms with Crippen LogP contribution in [0.1, 0.15) is 71.6 Å². The number of carbonyl (C=O) groups is 2. The molecule has 0 radical (unpaired) electrons. The molecule has 4 aliphatic rings. The second kappa shape index (κ2) is 4.43. The van der Waals surface area contributed by atoms with Crippen LogP contribution in [0.5, 0.6) is 0 Å². The van der Waals surface area contributed by atoms with E-state index < -0.39 is 11.0 Å². The van der Waals surface area contributed by atoms with Crippen molar-refractivity contribution >= 4 is 11.6 Å². The van der Waals surface area contributed by atoms with Crippen molar-refractivity contribution in [3.8, 4) is 0 Å². The zero-order valence-corrected chi connectivity index (χ0v) is 13.9. The van der Waals surface area contributed by atoms with E-state index in [2.05, 4.69) is 6.92 Å². The summed E-state index contributed by atoms with van der Waals surface area (Å²) in [6.45, 7) is 4.38. The number of ketones is 2. The monoisotopic (exact) mass is 304 g/mol. The topological polar surface area (TPSA) is 54.4 Å². The number of fused-ring (bicyclic) bond motifs is 5. The van der Waals surface area contributed by atoms with Gasteiger partial charge >= 0.3 is 0 Å². The molecule has 3 heteroatoms. The predicted molar refractivity (Wildman–Crippen MR) is 83.2 cm³/mol. The number of aliphatic hydroxyl groups is 1. The van der Waals surface area contributed by atoms with Crippen LogP contribution in [0.3, 0.4) is 0 Å². The second-order valence-corrected chi connectivity index (χ2v) is 8.95. The van der Waals surface area contributed by atoms with Crippen LogP contribution in [-0.4, -0.2) is 22.3 Å². The predicted octanol–water partition coefficient (Wildman–Crippen LogP) is 3.28. The summed E-state index contributed by atoms with van der Waals surface area (Å²) in [5.74, 6) is 1.95. The van der Waals surface area contributed by atoms with Crippen LogP contribution < -0.4 is 0 Å². The normalized spacial score (nSPS) is 54.6. The molecule has 0 heterocycles. The Balaban J connectivity index is 1.71. The highest BCUT2D eigenvalue weighted by Crippen LogP contribution is 2.66. The van der Waals surface area contributed by atoms with E-state index in [4.69, 9.17) is 0 Å². The number of hydrogen-bond acceptors (Lipinski definition) is 3. The minimum atomic E-state index is -0.789. The average Bonchev–Trinajstić information content (AvgIpc) is 2.72. The summed E-state index contributed by atoms with van der Waals surface area (Å²) in [6, 6.07) is 0. The van der Waals surface area contributed by atoms with Gasteiger partial charge in [-0.2, -0.15) is 0 Å². The number of hydrogen-bond donors (Lipinski definition) is 1. The third-order valence-corrected chi connectivity index (χ3v) is 8.38. The first kappa shape index (κ1) is 14.9. The molecule has 4 rings (SSSR count). The van der Waals surface area contributed by atoms with Gasteiger partial charge in [0.25, 0.3) is 0 Å². The molecular formula is C19H28O3. The molecule has 4 saturated carbocycles. The molecule has 6 atom stereocenters. The van der Waals surface area contributed by atoms with Gasteiger partial charge in [-0.15, -0.1) is 0 Å². The molecule has 0 amide bonds. The zero-order chi connectivity index (χ0) is 15.8. The Morgan fingerprint density at radius 3 is 2.50 bits per heavy atom. The SMILES string of the molecule is C[C@]12CCC(=O)CC1CC[C@@H]1[C@@H]2CC[C@]2(C)C(=O)CC[C@@]12O. The molecule has 0 aliphatic heterocycles. The van der Waals surface area contributed by atoms with Gasteiger partial charge in [0.2, 0.25) is 0 Å². The van der Waals surface area contributed by atoms with Gasteiger partial charge in [-0.25, -0.2) is 0 Å². The first-order valence-corrected chi connectivity index (χ1v) is 9.09. The highest BCUT2D eigenvalue weighted by molar-refractivity contribution is 5.88. The lowest BCUT2D eigenvalue weighted by atomic mass is 9.44. The van der Waals surface area contributed by atoms with Crippen molar-refractivity contribution in [2.75, 3.05) is 0 Å². The van der Waals surface area contributed by atoms with Crippen molar-refractivity contribution < 1.29 is 14.7 Å². The van der Waals surface area contributed by atoms with Crippen LogP contribution in [0.15, 0.2) is 0 Å². The van der Waals surface area contributed by atoms with E-state index in [9.17, 15) is 14.7 Å². The van der Waals surface area contributed by atoms with E-state index in [0.717, 1.165) is 38.5 Å². The van der Waals surface area contributed by atoms with Gasteiger partial charge < -0.3 is 5.11 Å². The Labute approximate surface area is 132 Å². The average molecular weight is 304 g/mol. The second-order valence-electron chi connectivity index (χ2n) is 8.95. The third-order valence-electron chi connectivity index (χ3n) is 8.38. The molecule has 22 heavy (non-hydrogen) atoms. The molecule has 3 nitrogen and oxygen atoms in total. The molecule has 0 bridgehead atoms. The quantitative estimate of drug-likeness (QED) is 0.747. The van der Waals surface area contributed by atoms with Crippen molar-refractivity contribution in [2.24, 2.45) is 28.6 Å². The standard InChI is InChI=1S/C19H28O3/c1-17-8-5-13(20)11-12(17)3-4-15-14(17)6-9-18(2)16(21)7-10-19(15,18)22/h12,14-15,22H,3-11H2,1-2H3/t12?,14-,15+,17-,18+,19+/m0/s1. The van der Waals surface area contributed by atoms with Crippen molar-refractivity contribution in [2.45, 2.75) is 77.2 Å². The van der Waals surface area contributed by atoms with Crippen molar-refractivity contribution in [3.63, 3.8) is 0 Å². The minimum absolute atomic E-state index is 0.194. The van der Waals surface area contributed by atoms with E-state index in [1.165, 1.54) is 0 Å². The highest BCUT2D eigenvalue weighted by atomic mass is 16.3. The fraction of sp³-hybridized carbons (Fsp3) is 0.895. The van der Waals surface area contributed by atoms with Crippen LogP contribution in [0, 0.1) is 28.6 Å². The van der Waals surface area contributed by atoms with E-state index in [0.29, 0.717) is 36.9 Å². The molecule has 0 saturated heterocycles. The summed E-state index contributed by atoms with van der Waals surface area (Å²) >= 11 is 0. The van der Waals surface area contributed by atoms with Crippen LogP contribution in [0.2, 0.25) is 0 Å². The molecule has 0 aromatic heterocycles. The fourth-order valence-corrected chi connectivity index (χ4v) is 6.78. The summed E-state index contributed by atoms with van der Waals surface area (Å²) < 4.78 is 0. The van der Waals surface area contributed by atoms with E-state index in [1.54, 1.807) is 0 Å². The zero-order valence-electron chi connectivity index (χ0n) is 13.9. The van der Waals surface area contributed by atoms with Gasteiger partial charge in [-0.3, -0.25) is 9.59 Å². The lowest BCUT2D eigenvalue weighted by molar-refractivity contribution is -0.197. The Morgan fingerprint density at radius 1 is 0.955 bits per heavy atom. The van der Waals surface area contributed by atoms with Crippen molar-refractivity contribution in [1.29, 1.82) is 0 Å². The van der Waals surface area contributed by atoms with Crippen LogP contribution in [0.25, 0.3) is 0 Å². The van der Waals surface area contributed by atoms with E-state index in [-0.39, 0.29) is 17.1 Å². The molecule has 0 aromatic rings. The maximum absolute atomic E-state index is 12.4. The Hall–Kier alpha value is -0.700. The van der Waals surface area contributed by atoms with Crippen LogP contribution in [-0.2, 0) is 9.59 Å². The smallest absolute Gasteiger partial charge is 0.141 e. The molecule has 0 spiro atoms. The van der Waals surface area contributed by atoms with E-state index in [1.807, 2.05) is 6.92 Å². The summed E-state index contributed by atoms with van der Waals surface area (Å²) in [5, 5.41) is 11.5. The largest absolute Gasteiger partial charge is 0.389 e. The molecule has 122 valence electrons. The summed E-state index contributed by atoms with van der Waals surface area (Å²) in [4.78, 5) is 24.3. The molecule has 1 unspecified atom stereocenters. The molecule has 1 N–H and O–H groups in total. The summed E-state index contributed by atoms with van der Waals surface area (Å²) in [6.07, 6.45) is 7.58. The lowest BCUT2D eigenvalue weighted by Gasteiger charge is -2.61. The van der Waals surface area contributed by atoms with Gasteiger partial charge in [-0.05, 0) is 68.6 Å². The molecule has 4 fully saturated rings. The van der Waals surface area contributed by atoms with Gasteiger partial charge in [0, 0.05) is 19.3 Å². The first-order chi connectivity index (χ1) is 10.3. The van der Waals surface area contributed by atoms with Crippen molar-refractivity contribution in [3.05, 3.63) is 0 Å². The maximum atomic E-state index is 12.4. The summed E-state index contributed by atoms with van der Waals surface area (Å²) in [5.41, 5.74) is -1.11. The first-order valence-electron chi connectivity index (χ1n) is 9.09. The summed E-state index contributed by atoms with van der Waals surface area (Å²) in [7, 11) is 0. The van der Waals surface area contributed by atoms with Gasteiger partial charge in [0.05, 0.1) is 11.0 Å². The Kier molecular flexibility index (Phi) is 3.00. The maximum Gasteiger partial charge on any atom is 0.141 e. The van der Waals surface area contributed by atoms with Gasteiger partial charge in [0.15, 0.2) is 0 Å². The van der Waals surface area contributed by atoms with Gasteiger partial charge in [0.1, 0.15) is 11.6 Å². The van der Waals surface area contributed by atoms with Crippen LogP contribution in [0.4, 0.5) is 0 Å².